The minimum atomic E-state index is 0.242. The van der Waals surface area contributed by atoms with Crippen molar-refractivity contribution in [1.29, 1.82) is 0 Å². The largest absolute Gasteiger partial charge is 0.312 e. The molecule has 0 radical (unpaired) electrons. The van der Waals surface area contributed by atoms with Crippen LogP contribution in [0.4, 0.5) is 0 Å². The molecule has 0 heterocycles. The van der Waals surface area contributed by atoms with Crippen molar-refractivity contribution in [2.75, 3.05) is 19.6 Å². The maximum absolute atomic E-state index is 3.59. The van der Waals surface area contributed by atoms with Crippen LogP contribution in [0.15, 0.2) is 0 Å². The molecule has 1 unspecified atom stereocenters. The average Bonchev–Trinajstić information content (AvgIpc) is 2.29. The lowest BCUT2D eigenvalue weighted by Gasteiger charge is -2.32. The second-order valence-corrected chi connectivity index (χ2v) is 6.58. The summed E-state index contributed by atoms with van der Waals surface area (Å²) < 4.78 is 0. The van der Waals surface area contributed by atoms with E-state index in [2.05, 4.69) is 58.7 Å². The molecule has 0 aliphatic heterocycles. The van der Waals surface area contributed by atoms with E-state index < -0.39 is 0 Å². The van der Waals surface area contributed by atoms with E-state index in [1.165, 1.54) is 32.4 Å². The van der Waals surface area contributed by atoms with Crippen LogP contribution in [-0.2, 0) is 0 Å². The summed E-state index contributed by atoms with van der Waals surface area (Å²) in [6.07, 6.45) is 3.85. The molecular formula is C16H36N2. The first-order valence-corrected chi connectivity index (χ1v) is 7.83. The van der Waals surface area contributed by atoms with Gasteiger partial charge in [0.05, 0.1) is 0 Å². The Bertz CT molecular complexity index is 192. The van der Waals surface area contributed by atoms with E-state index in [4.69, 9.17) is 0 Å². The Morgan fingerprint density at radius 3 is 2.00 bits per heavy atom. The van der Waals surface area contributed by atoms with Gasteiger partial charge in [-0.1, -0.05) is 33.6 Å². The van der Waals surface area contributed by atoms with Crippen molar-refractivity contribution in [2.24, 2.45) is 5.92 Å². The minimum Gasteiger partial charge on any atom is -0.312 e. The Morgan fingerprint density at radius 2 is 1.61 bits per heavy atom. The van der Waals surface area contributed by atoms with Crippen LogP contribution in [0, 0.1) is 5.92 Å². The van der Waals surface area contributed by atoms with Crippen LogP contribution in [0.2, 0.25) is 0 Å². The molecular weight excluding hydrogens is 220 g/mol. The van der Waals surface area contributed by atoms with Crippen LogP contribution in [-0.4, -0.2) is 36.1 Å². The molecule has 0 fully saturated rings. The zero-order chi connectivity index (χ0) is 14.2. The first-order chi connectivity index (χ1) is 8.34. The van der Waals surface area contributed by atoms with Gasteiger partial charge in [0.15, 0.2) is 0 Å². The second kappa shape index (κ2) is 8.92. The highest BCUT2D eigenvalue weighted by Crippen LogP contribution is 2.13. The molecule has 0 bridgehead atoms. The van der Waals surface area contributed by atoms with E-state index >= 15 is 0 Å². The highest BCUT2D eigenvalue weighted by Gasteiger charge is 2.16. The van der Waals surface area contributed by atoms with Gasteiger partial charge in [0.1, 0.15) is 0 Å². The molecule has 110 valence electrons. The zero-order valence-corrected chi connectivity index (χ0v) is 13.8. The molecule has 1 N–H and O–H groups in total. The minimum absolute atomic E-state index is 0.242. The Hall–Kier alpha value is -0.0800. The maximum Gasteiger partial charge on any atom is 0.00965 e. The SMILES string of the molecule is CCC(CC)CN(CC)C(C)CCNC(C)(C)C. The maximum atomic E-state index is 3.59. The summed E-state index contributed by atoms with van der Waals surface area (Å²) in [5.74, 6) is 0.864. The van der Waals surface area contributed by atoms with Gasteiger partial charge < -0.3 is 10.2 Å². The zero-order valence-electron chi connectivity index (χ0n) is 13.8. The summed E-state index contributed by atoms with van der Waals surface area (Å²) in [7, 11) is 0. The van der Waals surface area contributed by atoms with E-state index in [9.17, 15) is 0 Å². The predicted octanol–water partition coefficient (Wildman–Crippen LogP) is 3.91. The molecule has 18 heavy (non-hydrogen) atoms. The predicted molar refractivity (Wildman–Crippen MR) is 83.2 cm³/mol. The third kappa shape index (κ3) is 8.10. The van der Waals surface area contributed by atoms with Crippen molar-refractivity contribution < 1.29 is 0 Å². The molecule has 0 rings (SSSR count). The van der Waals surface area contributed by atoms with E-state index in [0.717, 1.165) is 12.5 Å². The van der Waals surface area contributed by atoms with Crippen LogP contribution >= 0.6 is 0 Å². The standard InChI is InChI=1S/C16H36N2/c1-8-15(9-2)13-18(10-3)14(4)11-12-17-16(5,6)7/h14-15,17H,8-13H2,1-7H3. The summed E-state index contributed by atoms with van der Waals surface area (Å²) in [6, 6.07) is 0.686. The Morgan fingerprint density at radius 1 is 1.06 bits per heavy atom. The van der Waals surface area contributed by atoms with Crippen LogP contribution < -0.4 is 5.32 Å². The fraction of sp³-hybridized carbons (Fsp3) is 1.00. The van der Waals surface area contributed by atoms with Gasteiger partial charge in [0, 0.05) is 18.1 Å². The molecule has 2 heteroatoms. The highest BCUT2D eigenvalue weighted by molar-refractivity contribution is 4.74. The molecule has 0 amide bonds. The number of nitrogens with zero attached hydrogens (tertiary/aromatic N) is 1. The Balaban J connectivity index is 4.06. The molecule has 0 aliphatic rings. The number of rotatable bonds is 9. The molecule has 0 aromatic rings. The third-order valence-corrected chi connectivity index (χ3v) is 3.89. The van der Waals surface area contributed by atoms with Crippen molar-refractivity contribution >= 4 is 0 Å². The molecule has 0 saturated heterocycles. The van der Waals surface area contributed by atoms with Crippen molar-refractivity contribution in [1.82, 2.24) is 10.2 Å². The highest BCUT2D eigenvalue weighted by atomic mass is 15.1. The van der Waals surface area contributed by atoms with E-state index in [1.807, 2.05) is 0 Å². The number of hydrogen-bond acceptors (Lipinski definition) is 2. The van der Waals surface area contributed by atoms with Crippen LogP contribution in [0.5, 0.6) is 0 Å². The molecule has 0 spiro atoms. The van der Waals surface area contributed by atoms with E-state index in [-0.39, 0.29) is 5.54 Å². The van der Waals surface area contributed by atoms with Crippen LogP contribution in [0.1, 0.15) is 67.7 Å². The third-order valence-electron chi connectivity index (χ3n) is 3.89. The van der Waals surface area contributed by atoms with Gasteiger partial charge in [0.25, 0.3) is 0 Å². The lowest BCUT2D eigenvalue weighted by atomic mass is 10.0. The molecule has 0 saturated carbocycles. The van der Waals surface area contributed by atoms with E-state index in [1.54, 1.807) is 0 Å². The topological polar surface area (TPSA) is 15.3 Å². The lowest BCUT2D eigenvalue weighted by molar-refractivity contribution is 0.170. The lowest BCUT2D eigenvalue weighted by Crippen LogP contribution is -2.41. The fourth-order valence-corrected chi connectivity index (χ4v) is 2.34. The average molecular weight is 256 g/mol. The van der Waals surface area contributed by atoms with Crippen molar-refractivity contribution in [3.8, 4) is 0 Å². The van der Waals surface area contributed by atoms with Crippen molar-refractivity contribution in [3.63, 3.8) is 0 Å². The summed E-state index contributed by atoms with van der Waals surface area (Å²) in [5.41, 5.74) is 0.242. The van der Waals surface area contributed by atoms with E-state index in [0.29, 0.717) is 6.04 Å². The van der Waals surface area contributed by atoms with Crippen LogP contribution in [0.25, 0.3) is 0 Å². The Kier molecular flexibility index (Phi) is 8.89. The molecule has 0 aliphatic carbocycles. The monoisotopic (exact) mass is 256 g/mol. The van der Waals surface area contributed by atoms with Crippen molar-refractivity contribution in [2.45, 2.75) is 79.3 Å². The van der Waals surface area contributed by atoms with Gasteiger partial charge in [-0.3, -0.25) is 0 Å². The quantitative estimate of drug-likeness (QED) is 0.673. The smallest absolute Gasteiger partial charge is 0.00965 e. The first kappa shape index (κ1) is 17.9. The van der Waals surface area contributed by atoms with Gasteiger partial charge >= 0.3 is 0 Å². The molecule has 1 atom stereocenters. The van der Waals surface area contributed by atoms with Gasteiger partial charge in [-0.15, -0.1) is 0 Å². The summed E-state index contributed by atoms with van der Waals surface area (Å²) in [5, 5.41) is 3.59. The van der Waals surface area contributed by atoms with Gasteiger partial charge in [-0.05, 0) is 53.1 Å². The molecule has 0 aromatic heterocycles. The summed E-state index contributed by atoms with van der Waals surface area (Å²) in [6.45, 7) is 19.5. The normalized spacial score (nSPS) is 14.5. The van der Waals surface area contributed by atoms with Gasteiger partial charge in [0.2, 0.25) is 0 Å². The number of nitrogens with one attached hydrogen (secondary N) is 1. The molecule has 2 nitrogen and oxygen atoms in total. The van der Waals surface area contributed by atoms with Crippen LogP contribution in [0.3, 0.4) is 0 Å². The first-order valence-electron chi connectivity index (χ1n) is 7.83. The second-order valence-electron chi connectivity index (χ2n) is 6.58. The van der Waals surface area contributed by atoms with Crippen molar-refractivity contribution in [3.05, 3.63) is 0 Å². The fourth-order valence-electron chi connectivity index (χ4n) is 2.34. The number of hydrogen-bond donors (Lipinski definition) is 1. The van der Waals surface area contributed by atoms with Gasteiger partial charge in [-0.25, -0.2) is 0 Å². The van der Waals surface area contributed by atoms with Gasteiger partial charge in [-0.2, -0.15) is 0 Å². The summed E-state index contributed by atoms with van der Waals surface area (Å²) in [4.78, 5) is 2.64. The Labute approximate surface area is 116 Å². The molecule has 0 aromatic carbocycles. The summed E-state index contributed by atoms with van der Waals surface area (Å²) >= 11 is 0.